The molecule has 0 radical (unpaired) electrons. The number of aliphatic imine (C=N–C) groups is 1. The molecular weight excluding hydrogens is 459 g/mol. The molecule has 0 aliphatic heterocycles. The molecule has 0 amide bonds. The van der Waals surface area contributed by atoms with Crippen molar-refractivity contribution in [3.63, 3.8) is 0 Å². The summed E-state index contributed by atoms with van der Waals surface area (Å²) >= 11 is 13.6. The SMILES string of the molecule is Clc1ccc(-c2ccc(C=Nc3nc(-c4ccc(C5CCCCC5)cc4)cs3)o2)cc1Cl. The summed E-state index contributed by atoms with van der Waals surface area (Å²) in [4.78, 5) is 9.16. The van der Waals surface area contributed by atoms with Gasteiger partial charge in [0.1, 0.15) is 11.5 Å². The van der Waals surface area contributed by atoms with E-state index in [0.29, 0.717) is 26.7 Å². The van der Waals surface area contributed by atoms with E-state index in [2.05, 4.69) is 34.2 Å². The zero-order chi connectivity index (χ0) is 21.9. The first kappa shape index (κ1) is 21.4. The summed E-state index contributed by atoms with van der Waals surface area (Å²) < 4.78 is 5.87. The maximum absolute atomic E-state index is 6.11. The number of aromatic nitrogens is 1. The summed E-state index contributed by atoms with van der Waals surface area (Å²) in [7, 11) is 0. The number of halogens is 2. The zero-order valence-electron chi connectivity index (χ0n) is 17.4. The highest BCUT2D eigenvalue weighted by Crippen LogP contribution is 2.34. The van der Waals surface area contributed by atoms with Crippen LogP contribution >= 0.6 is 34.5 Å². The molecule has 1 saturated carbocycles. The highest BCUT2D eigenvalue weighted by Gasteiger charge is 2.15. The van der Waals surface area contributed by atoms with Crippen LogP contribution in [0.1, 0.15) is 49.3 Å². The molecule has 0 atom stereocenters. The van der Waals surface area contributed by atoms with Gasteiger partial charge in [-0.1, -0.05) is 66.7 Å². The zero-order valence-corrected chi connectivity index (χ0v) is 19.8. The van der Waals surface area contributed by atoms with Crippen LogP contribution in [0.5, 0.6) is 0 Å². The van der Waals surface area contributed by atoms with Crippen LogP contribution in [0, 0.1) is 0 Å². The minimum absolute atomic E-state index is 0.498. The van der Waals surface area contributed by atoms with E-state index in [1.807, 2.05) is 23.6 Å². The highest BCUT2D eigenvalue weighted by atomic mass is 35.5. The maximum atomic E-state index is 6.11. The van der Waals surface area contributed by atoms with Gasteiger partial charge in [-0.15, -0.1) is 11.3 Å². The van der Waals surface area contributed by atoms with E-state index >= 15 is 0 Å². The highest BCUT2D eigenvalue weighted by molar-refractivity contribution is 7.13. The van der Waals surface area contributed by atoms with Crippen LogP contribution in [-0.2, 0) is 0 Å². The molecule has 5 rings (SSSR count). The number of nitrogens with zero attached hydrogens (tertiary/aromatic N) is 2. The molecule has 0 saturated heterocycles. The lowest BCUT2D eigenvalue weighted by atomic mass is 9.84. The minimum Gasteiger partial charge on any atom is -0.455 e. The first-order chi connectivity index (χ1) is 15.7. The first-order valence-corrected chi connectivity index (χ1v) is 12.4. The molecule has 4 aromatic rings. The largest absolute Gasteiger partial charge is 0.455 e. The summed E-state index contributed by atoms with van der Waals surface area (Å²) in [5.41, 5.74) is 4.40. The van der Waals surface area contributed by atoms with Crippen LogP contribution in [0.15, 0.2) is 69.4 Å². The minimum atomic E-state index is 0.498. The number of furan rings is 1. The maximum Gasteiger partial charge on any atom is 0.209 e. The van der Waals surface area contributed by atoms with Gasteiger partial charge in [0.25, 0.3) is 0 Å². The molecule has 1 aliphatic rings. The molecule has 2 aromatic carbocycles. The Bertz CT molecular complexity index is 1240. The molecule has 1 fully saturated rings. The summed E-state index contributed by atoms with van der Waals surface area (Å²) in [5, 5.41) is 3.76. The molecule has 2 heterocycles. The first-order valence-electron chi connectivity index (χ1n) is 10.8. The number of rotatable bonds is 5. The molecule has 0 bridgehead atoms. The van der Waals surface area contributed by atoms with Crippen molar-refractivity contribution in [2.75, 3.05) is 0 Å². The van der Waals surface area contributed by atoms with Gasteiger partial charge < -0.3 is 4.42 Å². The van der Waals surface area contributed by atoms with E-state index in [-0.39, 0.29) is 0 Å². The third-order valence-corrected chi connectivity index (χ3v) is 7.40. The number of hydrogen-bond acceptors (Lipinski definition) is 4. The van der Waals surface area contributed by atoms with Crippen LogP contribution in [0.25, 0.3) is 22.6 Å². The van der Waals surface area contributed by atoms with E-state index in [0.717, 1.165) is 22.7 Å². The Kier molecular flexibility index (Phi) is 6.44. The van der Waals surface area contributed by atoms with Gasteiger partial charge in [-0.3, -0.25) is 0 Å². The molecule has 3 nitrogen and oxygen atoms in total. The molecule has 162 valence electrons. The number of hydrogen-bond donors (Lipinski definition) is 0. The van der Waals surface area contributed by atoms with Crippen molar-refractivity contribution in [1.29, 1.82) is 0 Å². The van der Waals surface area contributed by atoms with Crippen molar-refractivity contribution in [2.24, 2.45) is 4.99 Å². The predicted octanol–water partition coefficient (Wildman–Crippen LogP) is 9.18. The van der Waals surface area contributed by atoms with E-state index in [4.69, 9.17) is 27.6 Å². The van der Waals surface area contributed by atoms with Crippen LogP contribution in [0.4, 0.5) is 5.13 Å². The Labute approximate surface area is 201 Å². The topological polar surface area (TPSA) is 38.4 Å². The average Bonchev–Trinajstić information content (AvgIpc) is 3.50. The molecule has 0 spiro atoms. The van der Waals surface area contributed by atoms with Crippen molar-refractivity contribution in [2.45, 2.75) is 38.0 Å². The van der Waals surface area contributed by atoms with E-state index in [1.165, 1.54) is 49.0 Å². The Balaban J connectivity index is 1.27. The molecule has 2 aromatic heterocycles. The second kappa shape index (κ2) is 9.62. The molecule has 1 aliphatic carbocycles. The Morgan fingerprint density at radius 1 is 0.906 bits per heavy atom. The predicted molar refractivity (Wildman–Crippen MR) is 135 cm³/mol. The Morgan fingerprint density at radius 2 is 1.69 bits per heavy atom. The lowest BCUT2D eigenvalue weighted by Crippen LogP contribution is -2.04. The quantitative estimate of drug-likeness (QED) is 0.267. The van der Waals surface area contributed by atoms with Gasteiger partial charge in [0.2, 0.25) is 5.13 Å². The molecule has 6 heteroatoms. The van der Waals surface area contributed by atoms with Gasteiger partial charge in [0, 0.05) is 16.5 Å². The van der Waals surface area contributed by atoms with Crippen molar-refractivity contribution in [3.05, 3.63) is 81.3 Å². The lowest BCUT2D eigenvalue weighted by Gasteiger charge is -2.22. The molecular formula is C26H22Cl2N2OS. The molecule has 32 heavy (non-hydrogen) atoms. The average molecular weight is 481 g/mol. The van der Waals surface area contributed by atoms with Gasteiger partial charge in [0.15, 0.2) is 0 Å². The van der Waals surface area contributed by atoms with Crippen LogP contribution < -0.4 is 0 Å². The fourth-order valence-corrected chi connectivity index (χ4v) is 5.13. The standard InChI is InChI=1S/C26H22Cl2N2OS/c27-22-12-10-20(14-23(22)28)25-13-11-21(31-25)15-29-26-30-24(16-32-26)19-8-6-18(7-9-19)17-4-2-1-3-5-17/h6-17H,1-5H2. The van der Waals surface area contributed by atoms with Gasteiger partial charge in [-0.25, -0.2) is 9.98 Å². The van der Waals surface area contributed by atoms with Crippen molar-refractivity contribution < 1.29 is 4.42 Å². The number of thiazole rings is 1. The van der Waals surface area contributed by atoms with Crippen LogP contribution in [0.3, 0.4) is 0 Å². The summed E-state index contributed by atoms with van der Waals surface area (Å²) in [6.45, 7) is 0. The monoisotopic (exact) mass is 480 g/mol. The lowest BCUT2D eigenvalue weighted by molar-refractivity contribution is 0.443. The molecule has 0 N–H and O–H groups in total. The summed E-state index contributed by atoms with van der Waals surface area (Å²) in [6.07, 6.45) is 8.40. The van der Waals surface area contributed by atoms with Crippen molar-refractivity contribution in [1.82, 2.24) is 4.98 Å². The Morgan fingerprint density at radius 3 is 2.47 bits per heavy atom. The van der Waals surface area contributed by atoms with Gasteiger partial charge >= 0.3 is 0 Å². The normalized spacial score (nSPS) is 14.9. The second-order valence-corrected chi connectivity index (χ2v) is 9.71. The van der Waals surface area contributed by atoms with E-state index in [1.54, 1.807) is 18.3 Å². The third kappa shape index (κ3) is 4.83. The fourth-order valence-electron chi connectivity index (χ4n) is 4.16. The fraction of sp³-hybridized carbons (Fsp3) is 0.231. The van der Waals surface area contributed by atoms with Crippen molar-refractivity contribution >= 4 is 45.9 Å². The van der Waals surface area contributed by atoms with Crippen LogP contribution in [0.2, 0.25) is 10.0 Å². The second-order valence-electron chi connectivity index (χ2n) is 8.06. The van der Waals surface area contributed by atoms with Crippen molar-refractivity contribution in [3.8, 4) is 22.6 Å². The van der Waals surface area contributed by atoms with Crippen LogP contribution in [-0.4, -0.2) is 11.2 Å². The number of benzene rings is 2. The summed E-state index contributed by atoms with van der Waals surface area (Å²) in [6, 6.07) is 18.1. The summed E-state index contributed by atoms with van der Waals surface area (Å²) in [5.74, 6) is 2.08. The van der Waals surface area contributed by atoms with E-state index < -0.39 is 0 Å². The smallest absolute Gasteiger partial charge is 0.209 e. The third-order valence-electron chi connectivity index (χ3n) is 5.91. The van der Waals surface area contributed by atoms with Gasteiger partial charge in [-0.05, 0) is 54.7 Å². The molecule has 0 unspecified atom stereocenters. The van der Waals surface area contributed by atoms with Gasteiger partial charge in [0.05, 0.1) is 22.0 Å². The Hall–Kier alpha value is -2.40. The van der Waals surface area contributed by atoms with Gasteiger partial charge in [-0.2, -0.15) is 0 Å². The van der Waals surface area contributed by atoms with E-state index in [9.17, 15) is 0 Å².